The van der Waals surface area contributed by atoms with E-state index in [1.165, 1.54) is 31.3 Å². The van der Waals surface area contributed by atoms with Crippen molar-refractivity contribution in [2.75, 3.05) is 31.6 Å². The molecule has 1 atom stereocenters. The number of nitrogens with zero attached hydrogens (tertiary/aromatic N) is 2. The molecule has 1 N–H and O–H groups in total. The van der Waals surface area contributed by atoms with Crippen molar-refractivity contribution in [3.63, 3.8) is 0 Å². The summed E-state index contributed by atoms with van der Waals surface area (Å²) < 4.78 is 39.8. The van der Waals surface area contributed by atoms with Crippen LogP contribution in [0, 0.1) is 6.92 Å². The van der Waals surface area contributed by atoms with E-state index in [-0.39, 0.29) is 28.8 Å². The molecular formula is C31H39N3O6S. The Morgan fingerprint density at radius 1 is 0.927 bits per heavy atom. The molecule has 0 radical (unpaired) electrons. The van der Waals surface area contributed by atoms with Gasteiger partial charge in [-0.15, -0.1) is 0 Å². The smallest absolute Gasteiger partial charge is 0.264 e. The van der Waals surface area contributed by atoms with Gasteiger partial charge >= 0.3 is 0 Å². The average molecular weight is 582 g/mol. The molecule has 0 spiro atoms. The summed E-state index contributed by atoms with van der Waals surface area (Å²) in [6.07, 6.45) is 1.10. The van der Waals surface area contributed by atoms with E-state index in [1.807, 2.05) is 45.0 Å². The summed E-state index contributed by atoms with van der Waals surface area (Å²) in [7, 11) is -1.31. The third-order valence-electron chi connectivity index (χ3n) is 6.65. The number of ether oxygens (including phenoxy) is 2. The van der Waals surface area contributed by atoms with Crippen LogP contribution >= 0.6 is 0 Å². The summed E-state index contributed by atoms with van der Waals surface area (Å²) in [6.45, 7) is 5.80. The second-order valence-electron chi connectivity index (χ2n) is 9.58. The number of benzene rings is 3. The number of sulfonamides is 1. The van der Waals surface area contributed by atoms with Gasteiger partial charge in [0.15, 0.2) is 0 Å². The summed E-state index contributed by atoms with van der Waals surface area (Å²) in [4.78, 5) is 28.8. The van der Waals surface area contributed by atoms with Crippen molar-refractivity contribution in [2.24, 2.45) is 0 Å². The van der Waals surface area contributed by atoms with E-state index in [4.69, 9.17) is 9.47 Å². The molecule has 3 aromatic rings. The van der Waals surface area contributed by atoms with Crippen LogP contribution in [0.5, 0.6) is 11.5 Å². The van der Waals surface area contributed by atoms with Crippen molar-refractivity contribution >= 4 is 27.5 Å². The average Bonchev–Trinajstić information content (AvgIpc) is 2.98. The van der Waals surface area contributed by atoms with Crippen LogP contribution in [0.4, 0.5) is 5.69 Å². The zero-order valence-electron chi connectivity index (χ0n) is 24.3. The molecule has 0 aliphatic heterocycles. The van der Waals surface area contributed by atoms with Crippen LogP contribution in [0.15, 0.2) is 77.7 Å². The third kappa shape index (κ3) is 7.79. The number of para-hydroxylation sites is 2. The Kier molecular flexibility index (Phi) is 11.2. The van der Waals surface area contributed by atoms with E-state index in [2.05, 4.69) is 5.32 Å². The predicted octanol–water partition coefficient (Wildman–Crippen LogP) is 4.54. The Balaban J connectivity index is 2.09. The molecule has 9 nitrogen and oxygen atoms in total. The highest BCUT2D eigenvalue weighted by Gasteiger charge is 2.34. The number of nitrogens with one attached hydrogen (secondary N) is 1. The van der Waals surface area contributed by atoms with Crippen LogP contribution < -0.4 is 19.1 Å². The molecular weight excluding hydrogens is 542 g/mol. The molecule has 3 rings (SSSR count). The Hall–Kier alpha value is -4.05. The van der Waals surface area contributed by atoms with E-state index < -0.39 is 28.5 Å². The Bertz CT molecular complexity index is 1430. The largest absolute Gasteiger partial charge is 0.497 e. The van der Waals surface area contributed by atoms with Crippen molar-refractivity contribution in [1.29, 1.82) is 0 Å². The summed E-state index contributed by atoms with van der Waals surface area (Å²) in [5.41, 5.74) is 2.05. The van der Waals surface area contributed by atoms with Crippen molar-refractivity contribution in [1.82, 2.24) is 10.2 Å². The normalized spacial score (nSPS) is 11.8. The molecule has 0 aliphatic rings. The second kappa shape index (κ2) is 14.5. The fraction of sp³-hybridized carbons (Fsp3) is 0.355. The first-order valence-electron chi connectivity index (χ1n) is 13.6. The van der Waals surface area contributed by atoms with E-state index in [1.54, 1.807) is 36.4 Å². The Labute approximate surface area is 243 Å². The minimum atomic E-state index is -4.24. The number of carbonyl (C=O) groups excluding carboxylic acids is 2. The monoisotopic (exact) mass is 581 g/mol. The van der Waals surface area contributed by atoms with Crippen LogP contribution in [0.3, 0.4) is 0 Å². The Morgan fingerprint density at radius 3 is 2.24 bits per heavy atom. The molecule has 0 bridgehead atoms. The first-order chi connectivity index (χ1) is 19.7. The fourth-order valence-electron chi connectivity index (χ4n) is 4.52. The molecule has 0 aliphatic carbocycles. The van der Waals surface area contributed by atoms with Gasteiger partial charge < -0.3 is 19.7 Å². The first-order valence-corrected chi connectivity index (χ1v) is 15.0. The van der Waals surface area contributed by atoms with Crippen LogP contribution in [-0.4, -0.2) is 58.5 Å². The molecule has 0 heterocycles. The molecule has 0 fully saturated rings. The van der Waals surface area contributed by atoms with E-state index >= 15 is 0 Å². The predicted molar refractivity (Wildman–Crippen MR) is 160 cm³/mol. The number of methoxy groups -OCH3 is 2. The zero-order valence-corrected chi connectivity index (χ0v) is 25.1. The topological polar surface area (TPSA) is 105 Å². The van der Waals surface area contributed by atoms with Gasteiger partial charge in [0.05, 0.1) is 24.8 Å². The molecule has 0 saturated heterocycles. The van der Waals surface area contributed by atoms with Gasteiger partial charge in [-0.05, 0) is 61.7 Å². The SMILES string of the molecule is CCCNC(=O)[C@@H](CC)N(Cc1cccc(C)c1)C(=O)CN(c1ccccc1OC)S(=O)(=O)c1ccc(OC)cc1. The standard InChI is InChI=1S/C31H39N3O6S/c1-6-19-32-31(36)27(7-2)33(21-24-12-10-11-23(3)20-24)30(35)22-34(28-13-8-9-14-29(28)40-5)41(37,38)26-17-15-25(39-4)16-18-26/h8-18,20,27H,6-7,19,21-22H2,1-5H3,(H,32,36)/t27-/m1/s1. The van der Waals surface area contributed by atoms with Gasteiger partial charge in [-0.25, -0.2) is 8.42 Å². The maximum atomic E-state index is 14.2. The summed E-state index contributed by atoms with van der Waals surface area (Å²) >= 11 is 0. The maximum absolute atomic E-state index is 14.2. The van der Waals surface area contributed by atoms with E-state index in [0.717, 1.165) is 21.9 Å². The zero-order chi connectivity index (χ0) is 30.0. The number of anilines is 1. The lowest BCUT2D eigenvalue weighted by Crippen LogP contribution is -2.52. The lowest BCUT2D eigenvalue weighted by molar-refractivity contribution is -0.140. The summed E-state index contributed by atoms with van der Waals surface area (Å²) in [5, 5.41) is 2.89. The second-order valence-corrected chi connectivity index (χ2v) is 11.4. The summed E-state index contributed by atoms with van der Waals surface area (Å²) in [6, 6.07) is 19.4. The van der Waals surface area contributed by atoms with Gasteiger partial charge in [-0.3, -0.25) is 13.9 Å². The van der Waals surface area contributed by atoms with Gasteiger partial charge in [-0.1, -0.05) is 55.8 Å². The first kappa shape index (κ1) is 31.5. The van der Waals surface area contributed by atoms with Gasteiger partial charge in [-0.2, -0.15) is 0 Å². The molecule has 3 aromatic carbocycles. The minimum absolute atomic E-state index is 0.0185. The molecule has 41 heavy (non-hydrogen) atoms. The Morgan fingerprint density at radius 2 is 1.63 bits per heavy atom. The minimum Gasteiger partial charge on any atom is -0.497 e. The lowest BCUT2D eigenvalue weighted by Gasteiger charge is -2.33. The van der Waals surface area contributed by atoms with Gasteiger partial charge in [0.1, 0.15) is 24.1 Å². The fourth-order valence-corrected chi connectivity index (χ4v) is 5.94. The van der Waals surface area contributed by atoms with Crippen LogP contribution in [0.1, 0.15) is 37.8 Å². The van der Waals surface area contributed by atoms with Gasteiger partial charge in [0, 0.05) is 13.1 Å². The van der Waals surface area contributed by atoms with Gasteiger partial charge in [0.25, 0.3) is 10.0 Å². The lowest BCUT2D eigenvalue weighted by atomic mass is 10.1. The van der Waals surface area contributed by atoms with Crippen LogP contribution in [0.25, 0.3) is 0 Å². The molecule has 10 heteroatoms. The van der Waals surface area contributed by atoms with Gasteiger partial charge in [0.2, 0.25) is 11.8 Å². The number of carbonyl (C=O) groups is 2. The highest BCUT2D eigenvalue weighted by atomic mass is 32.2. The van der Waals surface area contributed by atoms with Crippen molar-refractivity contribution in [3.05, 3.63) is 83.9 Å². The number of aryl methyl sites for hydroxylation is 1. The van der Waals surface area contributed by atoms with E-state index in [0.29, 0.717) is 18.7 Å². The molecule has 0 unspecified atom stereocenters. The van der Waals surface area contributed by atoms with Crippen LogP contribution in [0.2, 0.25) is 0 Å². The van der Waals surface area contributed by atoms with Crippen molar-refractivity contribution in [2.45, 2.75) is 51.1 Å². The number of amides is 2. The summed E-state index contributed by atoms with van der Waals surface area (Å²) in [5.74, 6) is -0.0161. The molecule has 2 amide bonds. The maximum Gasteiger partial charge on any atom is 0.264 e. The highest BCUT2D eigenvalue weighted by Crippen LogP contribution is 2.33. The quantitative estimate of drug-likeness (QED) is 0.300. The van der Waals surface area contributed by atoms with Crippen LogP contribution in [-0.2, 0) is 26.2 Å². The van der Waals surface area contributed by atoms with Crippen molar-refractivity contribution < 1.29 is 27.5 Å². The number of hydrogen-bond acceptors (Lipinski definition) is 6. The third-order valence-corrected chi connectivity index (χ3v) is 8.42. The van der Waals surface area contributed by atoms with E-state index in [9.17, 15) is 18.0 Å². The molecule has 0 aromatic heterocycles. The van der Waals surface area contributed by atoms with Crippen molar-refractivity contribution in [3.8, 4) is 11.5 Å². The molecule has 0 saturated carbocycles. The number of rotatable bonds is 14. The molecule has 220 valence electrons. The highest BCUT2D eigenvalue weighted by molar-refractivity contribution is 7.92. The number of hydrogen-bond donors (Lipinski definition) is 1.